The minimum atomic E-state index is -0.174. The number of unbranched alkanes of at least 4 members (excludes halogenated alkanes) is 9. The third kappa shape index (κ3) is 9.45. The first-order valence-corrected chi connectivity index (χ1v) is 9.53. The van der Waals surface area contributed by atoms with Crippen molar-refractivity contribution in [2.75, 3.05) is 6.61 Å². The van der Waals surface area contributed by atoms with E-state index in [2.05, 4.69) is 6.92 Å². The summed E-state index contributed by atoms with van der Waals surface area (Å²) in [6, 6.07) is 0. The normalized spacial score (nSPS) is 19.3. The first-order chi connectivity index (χ1) is 10.7. The Hall–Kier alpha value is -0.570. The zero-order chi connectivity index (χ0) is 16.0. The van der Waals surface area contributed by atoms with Crippen LogP contribution in [0, 0.1) is 0 Å². The van der Waals surface area contributed by atoms with Crippen LogP contribution < -0.4 is 0 Å². The van der Waals surface area contributed by atoms with Gasteiger partial charge in [0.15, 0.2) is 0 Å². The summed E-state index contributed by atoms with van der Waals surface area (Å²) < 4.78 is 11.1. The van der Waals surface area contributed by atoms with Crippen molar-refractivity contribution < 1.29 is 14.3 Å². The molecule has 1 aliphatic heterocycles. The third-order valence-electron chi connectivity index (χ3n) is 4.54. The molecule has 1 fully saturated rings. The van der Waals surface area contributed by atoms with Gasteiger partial charge < -0.3 is 9.47 Å². The predicted octanol–water partition coefficient (Wildman–Crippen LogP) is 5.41. The lowest BCUT2D eigenvalue weighted by Crippen LogP contribution is -2.30. The Balaban J connectivity index is 1.99. The number of hydrogen-bond donors (Lipinski definition) is 0. The van der Waals surface area contributed by atoms with Gasteiger partial charge in [-0.15, -0.1) is 0 Å². The first kappa shape index (κ1) is 19.5. The van der Waals surface area contributed by atoms with Gasteiger partial charge in [0.2, 0.25) is 0 Å². The molecule has 1 heterocycles. The second kappa shape index (κ2) is 12.9. The lowest BCUT2D eigenvalue weighted by molar-refractivity contribution is -0.153. The lowest BCUT2D eigenvalue weighted by atomic mass is 10.0. The summed E-state index contributed by atoms with van der Waals surface area (Å²) in [6.45, 7) is 4.58. The van der Waals surface area contributed by atoms with Crippen LogP contribution in [-0.2, 0) is 14.3 Å². The molecule has 0 aromatic carbocycles. The van der Waals surface area contributed by atoms with Gasteiger partial charge in [0.05, 0.1) is 6.10 Å². The molecule has 0 saturated carbocycles. The molecule has 0 spiro atoms. The van der Waals surface area contributed by atoms with Crippen LogP contribution in [0.2, 0.25) is 0 Å². The SMILES string of the molecule is CCCCCCCCCCCC[C@@H](OC(C)=O)[C@H]1CCCO1. The Morgan fingerprint density at radius 3 is 2.14 bits per heavy atom. The van der Waals surface area contributed by atoms with E-state index in [0.29, 0.717) is 0 Å². The van der Waals surface area contributed by atoms with Gasteiger partial charge in [-0.25, -0.2) is 0 Å². The second-order valence-corrected chi connectivity index (χ2v) is 6.67. The zero-order valence-electron chi connectivity index (χ0n) is 14.8. The molecular weight excluding hydrogens is 276 g/mol. The maximum absolute atomic E-state index is 11.2. The monoisotopic (exact) mass is 312 g/mol. The molecule has 130 valence electrons. The van der Waals surface area contributed by atoms with E-state index in [1.165, 1.54) is 64.7 Å². The molecule has 0 unspecified atom stereocenters. The highest BCUT2D eigenvalue weighted by atomic mass is 16.6. The molecule has 0 bridgehead atoms. The van der Waals surface area contributed by atoms with Gasteiger partial charge >= 0.3 is 5.97 Å². The Bertz CT molecular complexity index is 272. The fraction of sp³-hybridized carbons (Fsp3) is 0.947. The van der Waals surface area contributed by atoms with Gasteiger partial charge in [0, 0.05) is 13.5 Å². The van der Waals surface area contributed by atoms with Crippen molar-refractivity contribution in [3.63, 3.8) is 0 Å². The second-order valence-electron chi connectivity index (χ2n) is 6.67. The maximum Gasteiger partial charge on any atom is 0.302 e. The Labute approximate surface area is 137 Å². The summed E-state index contributed by atoms with van der Waals surface area (Å²) in [7, 11) is 0. The maximum atomic E-state index is 11.2. The molecule has 3 heteroatoms. The highest BCUT2D eigenvalue weighted by molar-refractivity contribution is 5.66. The van der Waals surface area contributed by atoms with Crippen molar-refractivity contribution in [1.29, 1.82) is 0 Å². The summed E-state index contributed by atoms with van der Waals surface area (Å²) >= 11 is 0. The molecule has 0 aromatic heterocycles. The molecule has 1 rings (SSSR count). The van der Waals surface area contributed by atoms with Gasteiger partial charge in [0.25, 0.3) is 0 Å². The summed E-state index contributed by atoms with van der Waals surface area (Å²) in [4.78, 5) is 11.2. The van der Waals surface area contributed by atoms with Crippen LogP contribution in [0.5, 0.6) is 0 Å². The van der Waals surface area contributed by atoms with Crippen LogP contribution in [0.15, 0.2) is 0 Å². The summed E-state index contributed by atoms with van der Waals surface area (Å²) in [5.74, 6) is -0.174. The molecule has 0 amide bonds. The van der Waals surface area contributed by atoms with Crippen molar-refractivity contribution in [1.82, 2.24) is 0 Å². The van der Waals surface area contributed by atoms with E-state index in [0.717, 1.165) is 32.3 Å². The largest absolute Gasteiger partial charge is 0.460 e. The molecule has 22 heavy (non-hydrogen) atoms. The molecule has 2 atom stereocenters. The Kier molecular flexibility index (Phi) is 11.4. The first-order valence-electron chi connectivity index (χ1n) is 9.53. The standard InChI is InChI=1S/C19H36O3/c1-3-4-5-6-7-8-9-10-11-12-14-19(22-17(2)20)18-15-13-16-21-18/h18-19H,3-16H2,1-2H3/t18-,19-/m1/s1. The van der Waals surface area contributed by atoms with Crippen molar-refractivity contribution in [2.24, 2.45) is 0 Å². The average molecular weight is 312 g/mol. The van der Waals surface area contributed by atoms with Crippen LogP contribution in [0.1, 0.15) is 97.3 Å². The van der Waals surface area contributed by atoms with Gasteiger partial charge in [-0.1, -0.05) is 64.7 Å². The molecule has 1 saturated heterocycles. The molecule has 0 radical (unpaired) electrons. The number of carbonyl (C=O) groups excluding carboxylic acids is 1. The predicted molar refractivity (Wildman–Crippen MR) is 91.0 cm³/mol. The van der Waals surface area contributed by atoms with Crippen molar-refractivity contribution in [2.45, 2.75) is 110 Å². The van der Waals surface area contributed by atoms with Crippen molar-refractivity contribution in [3.05, 3.63) is 0 Å². The van der Waals surface area contributed by atoms with E-state index in [1.54, 1.807) is 0 Å². The zero-order valence-corrected chi connectivity index (χ0v) is 14.8. The average Bonchev–Trinajstić information content (AvgIpc) is 3.02. The smallest absolute Gasteiger partial charge is 0.302 e. The number of hydrogen-bond acceptors (Lipinski definition) is 3. The number of rotatable bonds is 13. The van der Waals surface area contributed by atoms with Gasteiger partial charge in [-0.2, -0.15) is 0 Å². The third-order valence-corrected chi connectivity index (χ3v) is 4.54. The van der Waals surface area contributed by atoms with Gasteiger partial charge in [-0.05, 0) is 25.7 Å². The number of esters is 1. The Morgan fingerprint density at radius 1 is 1.05 bits per heavy atom. The van der Waals surface area contributed by atoms with Crippen LogP contribution in [0.25, 0.3) is 0 Å². The van der Waals surface area contributed by atoms with E-state index < -0.39 is 0 Å². The van der Waals surface area contributed by atoms with Crippen molar-refractivity contribution in [3.8, 4) is 0 Å². The van der Waals surface area contributed by atoms with E-state index in [9.17, 15) is 4.79 Å². The van der Waals surface area contributed by atoms with E-state index >= 15 is 0 Å². The minimum Gasteiger partial charge on any atom is -0.460 e. The molecule has 1 aliphatic rings. The molecule has 0 aromatic rings. The fourth-order valence-electron chi connectivity index (χ4n) is 3.26. The van der Waals surface area contributed by atoms with E-state index in [4.69, 9.17) is 9.47 Å². The highest BCUT2D eigenvalue weighted by Gasteiger charge is 2.27. The molecule has 0 aliphatic carbocycles. The van der Waals surface area contributed by atoms with Crippen molar-refractivity contribution >= 4 is 5.97 Å². The topological polar surface area (TPSA) is 35.5 Å². The van der Waals surface area contributed by atoms with E-state index in [1.807, 2.05) is 0 Å². The number of ether oxygens (including phenoxy) is 2. The van der Waals surface area contributed by atoms with Crippen LogP contribution in [0.3, 0.4) is 0 Å². The van der Waals surface area contributed by atoms with Crippen LogP contribution in [-0.4, -0.2) is 24.8 Å². The Morgan fingerprint density at radius 2 is 1.64 bits per heavy atom. The summed E-state index contributed by atoms with van der Waals surface area (Å²) in [5.41, 5.74) is 0. The summed E-state index contributed by atoms with van der Waals surface area (Å²) in [5, 5.41) is 0. The van der Waals surface area contributed by atoms with Crippen LogP contribution >= 0.6 is 0 Å². The molecular formula is C19H36O3. The highest BCUT2D eigenvalue weighted by Crippen LogP contribution is 2.22. The fourth-order valence-corrected chi connectivity index (χ4v) is 3.26. The van der Waals surface area contributed by atoms with E-state index in [-0.39, 0.29) is 18.2 Å². The lowest BCUT2D eigenvalue weighted by Gasteiger charge is -2.22. The van der Waals surface area contributed by atoms with Gasteiger partial charge in [-0.3, -0.25) is 4.79 Å². The minimum absolute atomic E-state index is 0.0194. The van der Waals surface area contributed by atoms with Crippen LogP contribution in [0.4, 0.5) is 0 Å². The quantitative estimate of drug-likeness (QED) is 0.337. The number of carbonyl (C=O) groups is 1. The summed E-state index contributed by atoms with van der Waals surface area (Å²) in [6.07, 6.45) is 16.6. The molecule has 0 N–H and O–H groups in total. The molecule has 3 nitrogen and oxygen atoms in total. The van der Waals surface area contributed by atoms with Gasteiger partial charge in [0.1, 0.15) is 6.10 Å².